The minimum Gasteiger partial charge on any atom is -0.464 e. The van der Waals surface area contributed by atoms with E-state index in [1.807, 2.05) is 30.5 Å². The first kappa shape index (κ1) is 21.6. The summed E-state index contributed by atoms with van der Waals surface area (Å²) in [6.45, 7) is 9.68. The number of carbonyl (C=O) groups is 1. The SMILES string of the molecule is C=CC1OCC[n+]2[nH]c(C)c(-c3c(Cl)ccc4c3c(C)c(C(=O)OC)n4CCCO)c21. The molecule has 7 nitrogen and oxygen atoms in total. The lowest BCUT2D eigenvalue weighted by Gasteiger charge is -2.17. The van der Waals surface area contributed by atoms with E-state index in [1.54, 1.807) is 6.08 Å². The topological polar surface area (TPSA) is 80.4 Å². The van der Waals surface area contributed by atoms with Crippen LogP contribution in [0.2, 0.25) is 5.02 Å². The number of aryl methyl sites for hydroxylation is 3. The van der Waals surface area contributed by atoms with E-state index in [9.17, 15) is 9.90 Å². The number of nitrogens with one attached hydrogen (secondary N) is 1. The Balaban J connectivity index is 2.09. The predicted octanol–water partition coefficient (Wildman–Crippen LogP) is 3.62. The van der Waals surface area contributed by atoms with Crippen molar-refractivity contribution in [3.05, 3.63) is 52.5 Å². The van der Waals surface area contributed by atoms with Gasteiger partial charge in [-0.15, -0.1) is 4.68 Å². The van der Waals surface area contributed by atoms with Crippen LogP contribution in [0.15, 0.2) is 24.8 Å². The Morgan fingerprint density at radius 2 is 2.23 bits per heavy atom. The van der Waals surface area contributed by atoms with Gasteiger partial charge in [-0.2, -0.15) is 5.10 Å². The Kier molecular flexibility index (Phi) is 5.92. The van der Waals surface area contributed by atoms with E-state index in [1.165, 1.54) is 7.11 Å². The zero-order valence-electron chi connectivity index (χ0n) is 18.0. The van der Waals surface area contributed by atoms with Gasteiger partial charge < -0.3 is 19.1 Å². The molecule has 0 saturated carbocycles. The molecule has 0 amide bonds. The molecule has 2 N–H and O–H groups in total. The third-order valence-electron chi connectivity index (χ3n) is 5.91. The van der Waals surface area contributed by atoms with Gasteiger partial charge >= 0.3 is 5.97 Å². The van der Waals surface area contributed by atoms with Crippen molar-refractivity contribution in [1.82, 2.24) is 9.67 Å². The summed E-state index contributed by atoms with van der Waals surface area (Å²) >= 11 is 6.80. The number of hydrogen-bond acceptors (Lipinski definition) is 4. The number of aromatic nitrogens is 3. The van der Waals surface area contributed by atoms with Crippen molar-refractivity contribution >= 4 is 28.5 Å². The fraction of sp³-hybridized carbons (Fsp3) is 0.391. The van der Waals surface area contributed by atoms with E-state index in [0.717, 1.165) is 39.0 Å². The molecule has 31 heavy (non-hydrogen) atoms. The predicted molar refractivity (Wildman–Crippen MR) is 118 cm³/mol. The molecule has 3 heterocycles. The summed E-state index contributed by atoms with van der Waals surface area (Å²) in [6.07, 6.45) is 2.04. The smallest absolute Gasteiger partial charge is 0.354 e. The number of carbonyl (C=O) groups excluding carboxylic acids is 1. The largest absolute Gasteiger partial charge is 0.464 e. The highest BCUT2D eigenvalue weighted by atomic mass is 35.5. The molecule has 1 aromatic carbocycles. The van der Waals surface area contributed by atoms with Gasteiger partial charge in [0.15, 0.2) is 12.6 Å². The number of H-pyrrole nitrogens is 1. The lowest BCUT2D eigenvalue weighted by molar-refractivity contribution is -0.768. The number of hydrogen-bond donors (Lipinski definition) is 2. The highest BCUT2D eigenvalue weighted by Gasteiger charge is 2.36. The highest BCUT2D eigenvalue weighted by molar-refractivity contribution is 6.35. The van der Waals surface area contributed by atoms with Crippen LogP contribution in [0.4, 0.5) is 0 Å². The molecule has 8 heteroatoms. The van der Waals surface area contributed by atoms with Gasteiger partial charge in [-0.1, -0.05) is 24.3 Å². The average molecular weight is 445 g/mol. The Morgan fingerprint density at radius 3 is 2.90 bits per heavy atom. The molecule has 0 aliphatic carbocycles. The standard InChI is InChI=1S/C23H26ClN3O4/c1-5-17-22-19(14(3)25-27(22)10-12-31-17)20-15(24)7-8-16-18(20)13(2)21(23(29)30-4)26(16)9-6-11-28/h5,7-8,17,28H,1,6,9-12H2,2-4H3/p+1. The van der Waals surface area contributed by atoms with E-state index >= 15 is 0 Å². The summed E-state index contributed by atoms with van der Waals surface area (Å²) in [5.41, 5.74) is 5.88. The first-order valence-corrected chi connectivity index (χ1v) is 10.7. The fourth-order valence-corrected chi connectivity index (χ4v) is 4.89. The van der Waals surface area contributed by atoms with Gasteiger partial charge in [0.25, 0.3) is 0 Å². The number of benzene rings is 1. The number of methoxy groups -OCH3 is 1. The quantitative estimate of drug-likeness (QED) is 0.345. The van der Waals surface area contributed by atoms with Gasteiger partial charge in [0, 0.05) is 34.6 Å². The van der Waals surface area contributed by atoms with E-state index in [0.29, 0.717) is 36.8 Å². The van der Waals surface area contributed by atoms with E-state index < -0.39 is 5.97 Å². The van der Waals surface area contributed by atoms with Crippen LogP contribution in [-0.4, -0.2) is 41.1 Å². The number of nitrogens with zero attached hydrogens (tertiary/aromatic N) is 2. The van der Waals surface area contributed by atoms with Crippen LogP contribution in [0, 0.1) is 13.8 Å². The summed E-state index contributed by atoms with van der Waals surface area (Å²) in [7, 11) is 1.37. The number of aliphatic hydroxyl groups excluding tert-OH is 1. The minimum absolute atomic E-state index is 0.0270. The Hall–Kier alpha value is -2.61. The molecule has 4 rings (SSSR count). The second-order valence-electron chi connectivity index (χ2n) is 7.69. The maximum absolute atomic E-state index is 12.7. The molecular formula is C23H27ClN3O4+. The third kappa shape index (κ3) is 3.37. The summed E-state index contributed by atoms with van der Waals surface area (Å²) in [5.74, 6) is -0.414. The Bertz CT molecular complexity index is 1180. The first-order valence-electron chi connectivity index (χ1n) is 10.3. The fourth-order valence-electron chi connectivity index (χ4n) is 4.64. The first-order chi connectivity index (χ1) is 14.9. The number of halogens is 1. The van der Waals surface area contributed by atoms with E-state index in [-0.39, 0.29) is 12.7 Å². The molecule has 1 unspecified atom stereocenters. The van der Waals surface area contributed by atoms with E-state index in [4.69, 9.17) is 21.1 Å². The van der Waals surface area contributed by atoms with Gasteiger partial charge in [-0.25, -0.2) is 4.79 Å². The van der Waals surface area contributed by atoms with Crippen molar-refractivity contribution in [3.8, 4) is 11.1 Å². The van der Waals surface area contributed by atoms with Crippen LogP contribution in [0.25, 0.3) is 22.0 Å². The normalized spacial score (nSPS) is 15.8. The summed E-state index contributed by atoms with van der Waals surface area (Å²) in [5, 5.41) is 14.3. The molecule has 1 aliphatic rings. The van der Waals surface area contributed by atoms with Crippen LogP contribution < -0.4 is 4.68 Å². The monoisotopic (exact) mass is 444 g/mol. The Labute approximate surface area is 185 Å². The maximum Gasteiger partial charge on any atom is 0.354 e. The van der Waals surface area contributed by atoms with Gasteiger partial charge in [0.2, 0.25) is 5.69 Å². The lowest BCUT2D eigenvalue weighted by atomic mass is 9.95. The van der Waals surface area contributed by atoms with E-state index in [2.05, 4.69) is 16.4 Å². The molecule has 1 atom stereocenters. The highest BCUT2D eigenvalue weighted by Crippen LogP contribution is 2.43. The molecule has 0 saturated heterocycles. The molecule has 2 aromatic heterocycles. The number of aromatic amines is 1. The van der Waals surface area contributed by atoms with Crippen LogP contribution >= 0.6 is 11.6 Å². The number of fused-ring (bicyclic) bond motifs is 2. The zero-order valence-corrected chi connectivity index (χ0v) is 18.8. The third-order valence-corrected chi connectivity index (χ3v) is 6.23. The molecule has 0 radical (unpaired) electrons. The second-order valence-corrected chi connectivity index (χ2v) is 8.09. The Morgan fingerprint density at radius 1 is 1.45 bits per heavy atom. The molecule has 3 aromatic rings. The van der Waals surface area contributed by atoms with Gasteiger partial charge in [-0.05, 0) is 38.0 Å². The van der Waals surface area contributed by atoms with Crippen LogP contribution in [0.1, 0.15) is 40.0 Å². The number of esters is 1. The van der Waals surface area contributed by atoms with Crippen LogP contribution in [0.5, 0.6) is 0 Å². The average Bonchev–Trinajstić information content (AvgIpc) is 3.25. The zero-order chi connectivity index (χ0) is 22.3. The number of ether oxygens (including phenoxy) is 2. The van der Waals surface area contributed by atoms with Crippen molar-refractivity contribution in [2.45, 2.75) is 39.5 Å². The number of rotatable bonds is 6. The van der Waals surface area contributed by atoms with Crippen molar-refractivity contribution in [1.29, 1.82) is 0 Å². The second kappa shape index (κ2) is 8.49. The maximum atomic E-state index is 12.7. The van der Waals surface area contributed by atoms with Crippen molar-refractivity contribution in [3.63, 3.8) is 0 Å². The van der Waals surface area contributed by atoms with Crippen molar-refractivity contribution in [2.75, 3.05) is 20.3 Å². The van der Waals surface area contributed by atoms with Crippen LogP contribution in [0.3, 0.4) is 0 Å². The van der Waals surface area contributed by atoms with Crippen molar-refractivity contribution in [2.24, 2.45) is 0 Å². The van der Waals surface area contributed by atoms with Gasteiger partial charge in [-0.3, -0.25) is 0 Å². The number of aliphatic hydroxyl groups is 1. The summed E-state index contributed by atoms with van der Waals surface area (Å²) in [6, 6.07) is 3.77. The van der Waals surface area contributed by atoms with Crippen molar-refractivity contribution < 1.29 is 24.1 Å². The summed E-state index contributed by atoms with van der Waals surface area (Å²) < 4.78 is 15.0. The molecule has 164 valence electrons. The summed E-state index contributed by atoms with van der Waals surface area (Å²) in [4.78, 5) is 12.7. The molecule has 0 bridgehead atoms. The molecular weight excluding hydrogens is 418 g/mol. The minimum atomic E-state index is -0.414. The van der Waals surface area contributed by atoms with Gasteiger partial charge in [0.1, 0.15) is 12.3 Å². The van der Waals surface area contributed by atoms with Crippen LogP contribution in [-0.2, 0) is 22.6 Å². The molecule has 0 spiro atoms. The van der Waals surface area contributed by atoms with Gasteiger partial charge in [0.05, 0.1) is 18.4 Å². The molecule has 0 fully saturated rings. The molecule has 1 aliphatic heterocycles. The lowest BCUT2D eigenvalue weighted by Crippen LogP contribution is -2.46.